The van der Waals surface area contributed by atoms with Gasteiger partial charge in [0.15, 0.2) is 0 Å². The number of halogens is 1. The predicted molar refractivity (Wildman–Crippen MR) is 67.5 cm³/mol. The molecule has 0 spiro atoms. The topological polar surface area (TPSA) is 53.1 Å². The Kier molecular flexibility index (Phi) is 3.13. The van der Waals surface area contributed by atoms with Gasteiger partial charge in [-0.15, -0.1) is 0 Å². The van der Waals surface area contributed by atoms with Gasteiger partial charge in [0.25, 0.3) is 0 Å². The van der Waals surface area contributed by atoms with E-state index in [1.165, 1.54) is 5.56 Å². The number of nitrogens with one attached hydrogen (secondary N) is 2. The molecular formula is C11H16ClN5. The van der Waals surface area contributed by atoms with Crippen LogP contribution in [0, 0.1) is 0 Å². The lowest BCUT2D eigenvalue weighted by molar-refractivity contribution is 0.572. The fraction of sp³-hybridized carbons (Fsp3) is 0.636. The highest BCUT2D eigenvalue weighted by atomic mass is 35.5. The van der Waals surface area contributed by atoms with Gasteiger partial charge in [-0.2, -0.15) is 0 Å². The molecule has 3 rings (SSSR count). The zero-order valence-electron chi connectivity index (χ0n) is 9.67. The maximum absolute atomic E-state index is 6.02. The second-order valence-electron chi connectivity index (χ2n) is 4.41. The van der Waals surface area contributed by atoms with Crippen LogP contribution in [0.4, 0.5) is 5.82 Å². The van der Waals surface area contributed by atoms with Gasteiger partial charge in [-0.1, -0.05) is 0 Å². The molecule has 1 saturated heterocycles. The van der Waals surface area contributed by atoms with Crippen LogP contribution in [0.2, 0.25) is 5.28 Å². The number of hydrogen-bond acceptors (Lipinski definition) is 5. The average Bonchev–Trinajstić information content (AvgIpc) is 2.39. The van der Waals surface area contributed by atoms with E-state index < -0.39 is 0 Å². The Morgan fingerprint density at radius 1 is 1.06 bits per heavy atom. The quantitative estimate of drug-likeness (QED) is 0.700. The number of rotatable bonds is 1. The van der Waals surface area contributed by atoms with Crippen molar-refractivity contribution < 1.29 is 0 Å². The summed E-state index contributed by atoms with van der Waals surface area (Å²) in [7, 11) is 0. The number of piperazine rings is 1. The van der Waals surface area contributed by atoms with Crippen LogP contribution in [0.25, 0.3) is 0 Å². The SMILES string of the molecule is Clc1nc2c(c(N3CCNCC3)n1)CNCC2. The van der Waals surface area contributed by atoms with Crippen LogP contribution in [0.1, 0.15) is 11.3 Å². The molecular weight excluding hydrogens is 238 g/mol. The van der Waals surface area contributed by atoms with Gasteiger partial charge in [-0.05, 0) is 11.6 Å². The molecule has 0 unspecified atom stereocenters. The molecule has 0 aromatic carbocycles. The van der Waals surface area contributed by atoms with E-state index >= 15 is 0 Å². The van der Waals surface area contributed by atoms with Crippen molar-refractivity contribution >= 4 is 17.4 Å². The molecule has 2 N–H and O–H groups in total. The standard InChI is InChI=1S/C11H16ClN5/c12-11-15-9-1-2-14-7-8(9)10(16-11)17-5-3-13-4-6-17/h13-14H,1-7H2. The average molecular weight is 254 g/mol. The van der Waals surface area contributed by atoms with Gasteiger partial charge < -0.3 is 15.5 Å². The van der Waals surface area contributed by atoms with Crippen LogP contribution in [-0.2, 0) is 13.0 Å². The summed E-state index contributed by atoms with van der Waals surface area (Å²) in [5.74, 6) is 1.02. The molecule has 3 heterocycles. The van der Waals surface area contributed by atoms with Gasteiger partial charge in [0.05, 0.1) is 5.69 Å². The lowest BCUT2D eigenvalue weighted by Crippen LogP contribution is -2.45. The second-order valence-corrected chi connectivity index (χ2v) is 4.74. The first-order valence-corrected chi connectivity index (χ1v) is 6.44. The molecule has 0 radical (unpaired) electrons. The second kappa shape index (κ2) is 4.76. The van der Waals surface area contributed by atoms with Crippen molar-refractivity contribution in [1.29, 1.82) is 0 Å². The summed E-state index contributed by atoms with van der Waals surface area (Å²) in [6.07, 6.45) is 0.941. The monoisotopic (exact) mass is 253 g/mol. The Bertz CT molecular complexity index is 417. The number of hydrogen-bond donors (Lipinski definition) is 2. The number of nitrogens with zero attached hydrogens (tertiary/aromatic N) is 3. The Balaban J connectivity index is 1.98. The zero-order valence-corrected chi connectivity index (χ0v) is 10.4. The molecule has 2 aliphatic heterocycles. The van der Waals surface area contributed by atoms with Crippen molar-refractivity contribution in [2.45, 2.75) is 13.0 Å². The van der Waals surface area contributed by atoms with E-state index in [1.807, 2.05) is 0 Å². The fourth-order valence-corrected chi connectivity index (χ4v) is 2.62. The molecule has 17 heavy (non-hydrogen) atoms. The van der Waals surface area contributed by atoms with Gasteiger partial charge in [0, 0.05) is 51.3 Å². The van der Waals surface area contributed by atoms with Crippen LogP contribution in [-0.4, -0.2) is 42.7 Å². The lowest BCUT2D eigenvalue weighted by atomic mass is 10.1. The molecule has 6 heteroatoms. The highest BCUT2D eigenvalue weighted by molar-refractivity contribution is 6.28. The van der Waals surface area contributed by atoms with Gasteiger partial charge in [0.2, 0.25) is 5.28 Å². The summed E-state index contributed by atoms with van der Waals surface area (Å²) in [5.41, 5.74) is 2.33. The van der Waals surface area contributed by atoms with Crippen molar-refractivity contribution in [3.63, 3.8) is 0 Å². The summed E-state index contributed by atoms with van der Waals surface area (Å²) in [4.78, 5) is 11.1. The van der Waals surface area contributed by atoms with E-state index in [1.54, 1.807) is 0 Å². The molecule has 0 amide bonds. The number of aromatic nitrogens is 2. The maximum Gasteiger partial charge on any atom is 0.224 e. The molecule has 0 atom stereocenters. The smallest absolute Gasteiger partial charge is 0.224 e. The van der Waals surface area contributed by atoms with Crippen LogP contribution in [0.5, 0.6) is 0 Å². The van der Waals surface area contributed by atoms with Crippen molar-refractivity contribution in [3.8, 4) is 0 Å². The first-order valence-electron chi connectivity index (χ1n) is 6.06. The van der Waals surface area contributed by atoms with Crippen LogP contribution >= 0.6 is 11.6 Å². The third kappa shape index (κ3) is 2.22. The van der Waals surface area contributed by atoms with E-state index in [0.29, 0.717) is 5.28 Å². The molecule has 0 aliphatic carbocycles. The minimum Gasteiger partial charge on any atom is -0.354 e. The third-order valence-corrected chi connectivity index (χ3v) is 3.47. The van der Waals surface area contributed by atoms with Gasteiger partial charge >= 0.3 is 0 Å². The molecule has 0 bridgehead atoms. The molecule has 1 fully saturated rings. The highest BCUT2D eigenvalue weighted by Gasteiger charge is 2.22. The fourth-order valence-electron chi connectivity index (χ4n) is 2.43. The molecule has 2 aliphatic rings. The molecule has 5 nitrogen and oxygen atoms in total. The van der Waals surface area contributed by atoms with E-state index in [2.05, 4.69) is 25.5 Å². The van der Waals surface area contributed by atoms with Crippen LogP contribution < -0.4 is 15.5 Å². The molecule has 1 aromatic rings. The van der Waals surface area contributed by atoms with Gasteiger partial charge in [-0.25, -0.2) is 9.97 Å². The largest absolute Gasteiger partial charge is 0.354 e. The zero-order chi connectivity index (χ0) is 11.7. The summed E-state index contributed by atoms with van der Waals surface area (Å²) in [6, 6.07) is 0. The van der Waals surface area contributed by atoms with Gasteiger partial charge in [-0.3, -0.25) is 0 Å². The summed E-state index contributed by atoms with van der Waals surface area (Å²) < 4.78 is 0. The Hall–Kier alpha value is -0.910. The Morgan fingerprint density at radius 3 is 2.71 bits per heavy atom. The Morgan fingerprint density at radius 2 is 1.88 bits per heavy atom. The van der Waals surface area contributed by atoms with E-state index in [0.717, 1.165) is 57.2 Å². The summed E-state index contributed by atoms with van der Waals surface area (Å²) in [6.45, 7) is 5.81. The van der Waals surface area contributed by atoms with Crippen molar-refractivity contribution in [2.75, 3.05) is 37.6 Å². The van der Waals surface area contributed by atoms with Crippen LogP contribution in [0.3, 0.4) is 0 Å². The normalized spacial score (nSPS) is 20.2. The maximum atomic E-state index is 6.02. The summed E-state index contributed by atoms with van der Waals surface area (Å²) in [5, 5.41) is 7.09. The van der Waals surface area contributed by atoms with E-state index in [9.17, 15) is 0 Å². The number of anilines is 1. The van der Waals surface area contributed by atoms with Gasteiger partial charge in [0.1, 0.15) is 5.82 Å². The highest BCUT2D eigenvalue weighted by Crippen LogP contribution is 2.25. The summed E-state index contributed by atoms with van der Waals surface area (Å²) >= 11 is 6.02. The number of fused-ring (bicyclic) bond motifs is 1. The molecule has 1 aromatic heterocycles. The van der Waals surface area contributed by atoms with Crippen molar-refractivity contribution in [1.82, 2.24) is 20.6 Å². The molecule has 0 saturated carbocycles. The minimum absolute atomic E-state index is 0.374. The lowest BCUT2D eigenvalue weighted by Gasteiger charge is -2.31. The van der Waals surface area contributed by atoms with E-state index in [-0.39, 0.29) is 0 Å². The predicted octanol–water partition coefficient (Wildman–Crippen LogP) is 0.185. The van der Waals surface area contributed by atoms with Crippen molar-refractivity contribution in [3.05, 3.63) is 16.5 Å². The van der Waals surface area contributed by atoms with Crippen molar-refractivity contribution in [2.24, 2.45) is 0 Å². The molecule has 92 valence electrons. The third-order valence-electron chi connectivity index (χ3n) is 3.30. The first kappa shape index (κ1) is 11.2. The first-order chi connectivity index (χ1) is 8.34. The van der Waals surface area contributed by atoms with E-state index in [4.69, 9.17) is 11.6 Å². The van der Waals surface area contributed by atoms with Crippen LogP contribution in [0.15, 0.2) is 0 Å². The minimum atomic E-state index is 0.374. The Labute approximate surface area is 106 Å².